The number of rotatable bonds is 4. The van der Waals surface area contributed by atoms with Crippen LogP contribution >= 0.6 is 0 Å². The lowest BCUT2D eigenvalue weighted by molar-refractivity contribution is 0.706. The predicted molar refractivity (Wildman–Crippen MR) is 72.8 cm³/mol. The van der Waals surface area contributed by atoms with Gasteiger partial charge in [0.05, 0.1) is 17.4 Å². The molecule has 6 heteroatoms. The summed E-state index contributed by atoms with van der Waals surface area (Å²) < 4.78 is 1.61. The Kier molecular flexibility index (Phi) is 3.69. The molecule has 0 aliphatic heterocycles. The maximum atomic E-state index is 12.0. The number of aromatic nitrogens is 2. The monoisotopic (exact) mass is 245 g/mol. The molecule has 94 valence electrons. The van der Waals surface area contributed by atoms with Crippen LogP contribution in [-0.4, -0.2) is 22.3 Å². The first kappa shape index (κ1) is 12.3. The van der Waals surface area contributed by atoms with E-state index in [-0.39, 0.29) is 5.56 Å². The van der Waals surface area contributed by atoms with Crippen LogP contribution in [0.15, 0.2) is 34.4 Å². The summed E-state index contributed by atoms with van der Waals surface area (Å²) in [4.78, 5) is 16.0. The number of nitrogens with two attached hydrogens (primary N) is 1. The molecule has 6 nitrogen and oxygen atoms in total. The summed E-state index contributed by atoms with van der Waals surface area (Å²) in [5, 5.41) is 4.83. The molecule has 0 saturated heterocycles. The number of pyridine rings is 2. The van der Waals surface area contributed by atoms with Gasteiger partial charge < -0.3 is 10.3 Å². The van der Waals surface area contributed by atoms with Crippen molar-refractivity contribution in [1.82, 2.24) is 9.55 Å². The van der Waals surface area contributed by atoms with E-state index in [0.29, 0.717) is 18.8 Å². The average Bonchev–Trinajstić information content (AvgIpc) is 2.40. The van der Waals surface area contributed by atoms with Gasteiger partial charge in [0.1, 0.15) is 0 Å². The standard InChI is InChI=1S/C12H15N5O/c1-2-15-16-10-7-12(18)17(6-4-13)11-8-14-5-3-9(10)11/h2-3,5,7-8,16H,4,6,13H2,1H3/b15-2-. The van der Waals surface area contributed by atoms with Crippen LogP contribution in [0, 0.1) is 0 Å². The van der Waals surface area contributed by atoms with E-state index in [2.05, 4.69) is 15.5 Å². The summed E-state index contributed by atoms with van der Waals surface area (Å²) in [6.45, 7) is 2.68. The van der Waals surface area contributed by atoms with Gasteiger partial charge in [-0.1, -0.05) is 0 Å². The molecule has 0 atom stereocenters. The quantitative estimate of drug-likeness (QED) is 0.615. The fourth-order valence-corrected chi connectivity index (χ4v) is 1.81. The smallest absolute Gasteiger partial charge is 0.253 e. The Morgan fingerprint density at radius 2 is 2.44 bits per heavy atom. The molecule has 0 amide bonds. The van der Waals surface area contributed by atoms with Gasteiger partial charge in [0, 0.05) is 37.0 Å². The highest BCUT2D eigenvalue weighted by Crippen LogP contribution is 2.20. The number of fused-ring (bicyclic) bond motifs is 1. The Morgan fingerprint density at radius 1 is 1.61 bits per heavy atom. The topological polar surface area (TPSA) is 85.3 Å². The maximum absolute atomic E-state index is 12.0. The molecule has 0 fully saturated rings. The molecule has 0 saturated carbocycles. The maximum Gasteiger partial charge on any atom is 0.253 e. The van der Waals surface area contributed by atoms with E-state index < -0.39 is 0 Å². The largest absolute Gasteiger partial charge is 0.329 e. The van der Waals surface area contributed by atoms with E-state index in [9.17, 15) is 4.79 Å². The first-order valence-corrected chi connectivity index (χ1v) is 5.69. The van der Waals surface area contributed by atoms with Crippen molar-refractivity contribution >= 4 is 22.8 Å². The molecule has 0 aromatic carbocycles. The molecule has 2 aromatic heterocycles. The van der Waals surface area contributed by atoms with Crippen LogP contribution in [0.1, 0.15) is 6.92 Å². The molecule has 2 aromatic rings. The van der Waals surface area contributed by atoms with Crippen molar-refractivity contribution < 1.29 is 0 Å². The van der Waals surface area contributed by atoms with Gasteiger partial charge in [-0.15, -0.1) is 0 Å². The normalized spacial score (nSPS) is 11.2. The van der Waals surface area contributed by atoms with Gasteiger partial charge in [-0.2, -0.15) is 5.10 Å². The Bertz CT molecular complexity index is 632. The predicted octanol–water partition coefficient (Wildman–Crippen LogP) is 0.773. The van der Waals surface area contributed by atoms with Crippen molar-refractivity contribution in [1.29, 1.82) is 0 Å². The number of nitrogens with zero attached hydrogens (tertiary/aromatic N) is 3. The van der Waals surface area contributed by atoms with Crippen molar-refractivity contribution in [3.8, 4) is 0 Å². The lowest BCUT2D eigenvalue weighted by Crippen LogP contribution is -2.24. The molecular formula is C12H15N5O. The third-order valence-electron chi connectivity index (χ3n) is 2.58. The lowest BCUT2D eigenvalue weighted by Gasteiger charge is -2.11. The van der Waals surface area contributed by atoms with Crippen molar-refractivity contribution in [3.05, 3.63) is 34.9 Å². The fourth-order valence-electron chi connectivity index (χ4n) is 1.81. The Hall–Kier alpha value is -2.21. The van der Waals surface area contributed by atoms with Crippen molar-refractivity contribution in [2.75, 3.05) is 12.0 Å². The van der Waals surface area contributed by atoms with E-state index in [4.69, 9.17) is 5.73 Å². The zero-order chi connectivity index (χ0) is 13.0. The molecule has 0 aliphatic rings. The number of nitrogens with one attached hydrogen (secondary N) is 1. The second-order valence-corrected chi connectivity index (χ2v) is 3.73. The third-order valence-corrected chi connectivity index (χ3v) is 2.58. The minimum absolute atomic E-state index is 0.116. The van der Waals surface area contributed by atoms with Gasteiger partial charge in [0.25, 0.3) is 5.56 Å². The molecule has 0 bridgehead atoms. The highest BCUT2D eigenvalue weighted by Gasteiger charge is 2.07. The van der Waals surface area contributed by atoms with E-state index in [0.717, 1.165) is 10.9 Å². The van der Waals surface area contributed by atoms with Gasteiger partial charge in [-0.25, -0.2) is 0 Å². The summed E-state index contributed by atoms with van der Waals surface area (Å²) in [5.41, 5.74) is 9.67. The number of hydrogen-bond donors (Lipinski definition) is 2. The minimum Gasteiger partial charge on any atom is -0.329 e. The van der Waals surface area contributed by atoms with E-state index >= 15 is 0 Å². The second-order valence-electron chi connectivity index (χ2n) is 3.73. The highest BCUT2D eigenvalue weighted by molar-refractivity contribution is 5.90. The zero-order valence-corrected chi connectivity index (χ0v) is 10.1. The van der Waals surface area contributed by atoms with Gasteiger partial charge in [0.15, 0.2) is 0 Å². The first-order valence-electron chi connectivity index (χ1n) is 5.69. The van der Waals surface area contributed by atoms with E-state index in [1.807, 2.05) is 6.07 Å². The SMILES string of the molecule is C/C=N\Nc1cc(=O)n(CCN)c2cnccc12. The van der Waals surface area contributed by atoms with E-state index in [1.54, 1.807) is 30.1 Å². The molecule has 2 rings (SSSR count). The lowest BCUT2D eigenvalue weighted by atomic mass is 10.2. The van der Waals surface area contributed by atoms with Crippen molar-refractivity contribution in [2.24, 2.45) is 10.8 Å². The Morgan fingerprint density at radius 3 is 3.17 bits per heavy atom. The molecule has 2 heterocycles. The third kappa shape index (κ3) is 2.23. The second kappa shape index (κ2) is 5.42. The average molecular weight is 245 g/mol. The highest BCUT2D eigenvalue weighted by atomic mass is 16.1. The molecule has 0 spiro atoms. The van der Waals surface area contributed by atoms with Crippen LogP contribution in [0.3, 0.4) is 0 Å². The van der Waals surface area contributed by atoms with Crippen molar-refractivity contribution in [2.45, 2.75) is 13.5 Å². The molecular weight excluding hydrogens is 230 g/mol. The summed E-state index contributed by atoms with van der Waals surface area (Å²) >= 11 is 0. The summed E-state index contributed by atoms with van der Waals surface area (Å²) in [6.07, 6.45) is 4.96. The van der Waals surface area contributed by atoms with Gasteiger partial charge in [-0.3, -0.25) is 15.2 Å². The fraction of sp³-hybridized carbons (Fsp3) is 0.250. The zero-order valence-electron chi connectivity index (χ0n) is 10.1. The van der Waals surface area contributed by atoms with Gasteiger partial charge >= 0.3 is 0 Å². The Balaban J connectivity index is 2.68. The summed E-state index contributed by atoms with van der Waals surface area (Å²) in [6, 6.07) is 3.36. The van der Waals surface area contributed by atoms with Crippen LogP contribution in [0.2, 0.25) is 0 Å². The first-order chi connectivity index (χ1) is 8.77. The van der Waals surface area contributed by atoms with Crippen LogP contribution in [0.4, 0.5) is 5.69 Å². The number of hydrazone groups is 1. The van der Waals surface area contributed by atoms with Crippen LogP contribution < -0.4 is 16.7 Å². The minimum atomic E-state index is -0.116. The number of hydrogen-bond acceptors (Lipinski definition) is 5. The van der Waals surface area contributed by atoms with E-state index in [1.165, 1.54) is 6.07 Å². The number of anilines is 1. The molecule has 0 aliphatic carbocycles. The Labute approximate surface area is 104 Å². The van der Waals surface area contributed by atoms with Crippen LogP contribution in [0.25, 0.3) is 10.9 Å². The summed E-state index contributed by atoms with van der Waals surface area (Å²) in [7, 11) is 0. The molecule has 18 heavy (non-hydrogen) atoms. The molecule has 3 N–H and O–H groups in total. The van der Waals surface area contributed by atoms with Gasteiger partial charge in [0.2, 0.25) is 0 Å². The molecule has 0 unspecified atom stereocenters. The molecule has 0 radical (unpaired) electrons. The summed E-state index contributed by atoms with van der Waals surface area (Å²) in [5.74, 6) is 0. The van der Waals surface area contributed by atoms with Gasteiger partial charge in [-0.05, 0) is 13.0 Å². The van der Waals surface area contributed by atoms with Crippen LogP contribution in [-0.2, 0) is 6.54 Å². The van der Waals surface area contributed by atoms with Crippen LogP contribution in [0.5, 0.6) is 0 Å². The van der Waals surface area contributed by atoms with Crippen molar-refractivity contribution in [3.63, 3.8) is 0 Å².